The van der Waals surface area contributed by atoms with E-state index in [9.17, 15) is 22.4 Å². The van der Waals surface area contributed by atoms with Gasteiger partial charge in [0.05, 0.1) is 10.6 Å². The van der Waals surface area contributed by atoms with Crippen LogP contribution < -0.4 is 9.62 Å². The van der Waals surface area contributed by atoms with Gasteiger partial charge in [0, 0.05) is 28.2 Å². The zero-order valence-corrected chi connectivity index (χ0v) is 26.6. The van der Waals surface area contributed by atoms with Crippen molar-refractivity contribution in [3.63, 3.8) is 0 Å². The Bertz CT molecular complexity index is 1510. The lowest BCUT2D eigenvalue weighted by atomic mass is 9.95. The van der Waals surface area contributed by atoms with Gasteiger partial charge in [0.25, 0.3) is 10.0 Å². The van der Waals surface area contributed by atoms with Crippen molar-refractivity contribution in [2.75, 3.05) is 10.8 Å². The molecule has 230 valence electrons. The molecule has 0 bridgehead atoms. The molecule has 0 saturated heterocycles. The topological polar surface area (TPSA) is 86.8 Å². The summed E-state index contributed by atoms with van der Waals surface area (Å²) in [4.78, 5) is 29.2. The monoisotopic (exact) mass is 647 g/mol. The fourth-order valence-electron chi connectivity index (χ4n) is 5.29. The first-order chi connectivity index (χ1) is 20.5. The number of nitrogens with zero attached hydrogens (tertiary/aromatic N) is 2. The summed E-state index contributed by atoms with van der Waals surface area (Å²) in [7, 11) is -4.27. The van der Waals surface area contributed by atoms with E-state index >= 15 is 0 Å². The lowest BCUT2D eigenvalue weighted by Gasteiger charge is -2.34. The SMILES string of the molecule is CCC(C(=O)NC1CCCCC1)N(Cc1c(Cl)cccc1Cl)C(=O)CN(c1ccc(F)cc1)S(=O)(=O)c1ccc(C)cc1. The summed E-state index contributed by atoms with van der Waals surface area (Å²) < 4.78 is 42.6. The van der Waals surface area contributed by atoms with Crippen LogP contribution in [0.4, 0.5) is 10.1 Å². The highest BCUT2D eigenvalue weighted by molar-refractivity contribution is 7.92. The van der Waals surface area contributed by atoms with Crippen LogP contribution in [-0.2, 0) is 26.2 Å². The zero-order chi connectivity index (χ0) is 31.1. The fraction of sp³-hybridized carbons (Fsp3) is 0.375. The Labute approximate surface area is 263 Å². The normalized spacial score (nSPS) is 14.6. The lowest BCUT2D eigenvalue weighted by Crippen LogP contribution is -2.54. The van der Waals surface area contributed by atoms with Gasteiger partial charge in [-0.3, -0.25) is 13.9 Å². The minimum atomic E-state index is -4.27. The van der Waals surface area contributed by atoms with Crippen LogP contribution in [-0.4, -0.2) is 43.8 Å². The Morgan fingerprint density at radius 1 is 0.953 bits per heavy atom. The maximum atomic E-state index is 14.2. The molecule has 0 spiro atoms. The van der Waals surface area contributed by atoms with E-state index in [1.807, 2.05) is 6.92 Å². The standard InChI is InChI=1S/C32H36Cl2FN3O4S/c1-3-30(32(40)36-24-8-5-4-6-9-24)37(20-27-28(33)10-7-11-29(27)34)31(39)21-38(25-16-14-23(35)15-17-25)43(41,42)26-18-12-22(2)13-19-26/h7,10-19,24,30H,3-6,8-9,20-21H2,1-2H3,(H,36,40). The Morgan fingerprint density at radius 3 is 2.14 bits per heavy atom. The minimum absolute atomic E-state index is 0.00813. The van der Waals surface area contributed by atoms with E-state index in [-0.39, 0.29) is 35.5 Å². The molecule has 3 aromatic rings. The van der Waals surface area contributed by atoms with Crippen LogP contribution in [0.2, 0.25) is 10.0 Å². The number of hydrogen-bond acceptors (Lipinski definition) is 4. The number of hydrogen-bond donors (Lipinski definition) is 1. The van der Waals surface area contributed by atoms with Crippen molar-refractivity contribution in [3.05, 3.63) is 93.7 Å². The molecule has 7 nitrogen and oxygen atoms in total. The number of sulfonamides is 1. The summed E-state index contributed by atoms with van der Waals surface area (Å²) in [5, 5.41) is 3.73. The van der Waals surface area contributed by atoms with E-state index in [1.165, 1.54) is 29.2 Å². The second-order valence-electron chi connectivity index (χ2n) is 10.8. The molecule has 2 amide bonds. The molecule has 1 fully saturated rings. The third-order valence-electron chi connectivity index (χ3n) is 7.73. The third kappa shape index (κ3) is 8.08. The molecule has 1 saturated carbocycles. The van der Waals surface area contributed by atoms with Crippen molar-refractivity contribution in [3.8, 4) is 0 Å². The largest absolute Gasteiger partial charge is 0.352 e. The number of nitrogens with one attached hydrogen (secondary N) is 1. The maximum absolute atomic E-state index is 14.2. The van der Waals surface area contributed by atoms with E-state index in [0.717, 1.165) is 54.1 Å². The van der Waals surface area contributed by atoms with Gasteiger partial charge in [-0.05, 0) is 74.7 Å². The number of rotatable bonds is 11. The predicted molar refractivity (Wildman–Crippen MR) is 168 cm³/mol. The van der Waals surface area contributed by atoms with E-state index in [2.05, 4.69) is 5.32 Å². The number of amides is 2. The number of carbonyl (C=O) groups is 2. The molecule has 0 aliphatic heterocycles. The molecule has 1 aliphatic rings. The van der Waals surface area contributed by atoms with E-state index in [1.54, 1.807) is 37.3 Å². The van der Waals surface area contributed by atoms with E-state index in [0.29, 0.717) is 15.6 Å². The number of benzene rings is 3. The van der Waals surface area contributed by atoms with Crippen LogP contribution in [0.25, 0.3) is 0 Å². The van der Waals surface area contributed by atoms with Gasteiger partial charge in [-0.2, -0.15) is 0 Å². The van der Waals surface area contributed by atoms with E-state index < -0.39 is 34.3 Å². The van der Waals surface area contributed by atoms with E-state index in [4.69, 9.17) is 23.2 Å². The van der Waals surface area contributed by atoms with Crippen LogP contribution >= 0.6 is 23.2 Å². The maximum Gasteiger partial charge on any atom is 0.264 e. The summed E-state index contributed by atoms with van der Waals surface area (Å²) in [5.41, 5.74) is 1.41. The molecule has 3 aromatic carbocycles. The van der Waals surface area contributed by atoms with Gasteiger partial charge in [-0.15, -0.1) is 0 Å². The smallest absolute Gasteiger partial charge is 0.264 e. The molecule has 1 N–H and O–H groups in total. The number of carbonyl (C=O) groups excluding carboxylic acids is 2. The first-order valence-electron chi connectivity index (χ1n) is 14.4. The minimum Gasteiger partial charge on any atom is -0.352 e. The fourth-order valence-corrected chi connectivity index (χ4v) is 7.22. The lowest BCUT2D eigenvalue weighted by molar-refractivity contribution is -0.140. The summed E-state index contributed by atoms with van der Waals surface area (Å²) in [5.74, 6) is -1.51. The van der Waals surface area contributed by atoms with Crippen LogP contribution in [0.15, 0.2) is 71.6 Å². The third-order valence-corrected chi connectivity index (χ3v) is 10.2. The summed E-state index contributed by atoms with van der Waals surface area (Å²) >= 11 is 13.0. The van der Waals surface area contributed by atoms with Gasteiger partial charge in [0.2, 0.25) is 11.8 Å². The van der Waals surface area contributed by atoms with Crippen molar-refractivity contribution in [2.24, 2.45) is 0 Å². The summed E-state index contributed by atoms with van der Waals surface area (Å²) in [6.07, 6.45) is 5.15. The van der Waals surface area contributed by atoms with Crippen molar-refractivity contribution in [1.82, 2.24) is 10.2 Å². The molecule has 0 radical (unpaired) electrons. The van der Waals surface area contributed by atoms with Gasteiger partial charge in [0.1, 0.15) is 18.4 Å². The molecule has 1 unspecified atom stereocenters. The van der Waals surface area contributed by atoms with Crippen LogP contribution in [0.1, 0.15) is 56.6 Å². The van der Waals surface area contributed by atoms with Gasteiger partial charge in [0.15, 0.2) is 0 Å². The number of aryl methyl sites for hydroxylation is 1. The molecular formula is C32H36Cl2FN3O4S. The summed E-state index contributed by atoms with van der Waals surface area (Å²) in [6, 6.07) is 15.1. The van der Waals surface area contributed by atoms with Crippen molar-refractivity contribution in [2.45, 2.75) is 75.9 Å². The highest BCUT2D eigenvalue weighted by Crippen LogP contribution is 2.29. The molecular weight excluding hydrogens is 612 g/mol. The first kappa shape index (κ1) is 32.8. The first-order valence-corrected chi connectivity index (χ1v) is 16.6. The molecule has 11 heteroatoms. The zero-order valence-electron chi connectivity index (χ0n) is 24.2. The quantitative estimate of drug-likeness (QED) is 0.245. The van der Waals surface area contributed by atoms with Gasteiger partial charge >= 0.3 is 0 Å². The molecule has 0 aromatic heterocycles. The van der Waals surface area contributed by atoms with Crippen LogP contribution in [0.5, 0.6) is 0 Å². The molecule has 43 heavy (non-hydrogen) atoms. The Hall–Kier alpha value is -3.14. The highest BCUT2D eigenvalue weighted by atomic mass is 35.5. The molecule has 1 aliphatic carbocycles. The van der Waals surface area contributed by atoms with Gasteiger partial charge in [-0.1, -0.05) is 73.2 Å². The molecule has 0 heterocycles. The van der Waals surface area contributed by atoms with Crippen molar-refractivity contribution in [1.29, 1.82) is 0 Å². The number of anilines is 1. The Morgan fingerprint density at radius 2 is 1.56 bits per heavy atom. The second-order valence-corrected chi connectivity index (χ2v) is 13.5. The molecule has 4 rings (SSSR count). The van der Waals surface area contributed by atoms with Gasteiger partial charge < -0.3 is 10.2 Å². The highest BCUT2D eigenvalue weighted by Gasteiger charge is 2.35. The van der Waals surface area contributed by atoms with Crippen molar-refractivity contribution >= 4 is 50.7 Å². The van der Waals surface area contributed by atoms with Gasteiger partial charge in [-0.25, -0.2) is 12.8 Å². The average molecular weight is 649 g/mol. The van der Waals surface area contributed by atoms with Crippen LogP contribution in [0.3, 0.4) is 0 Å². The Kier molecular flexibility index (Phi) is 11.1. The van der Waals surface area contributed by atoms with Crippen LogP contribution in [0, 0.1) is 12.7 Å². The number of halogens is 3. The predicted octanol–water partition coefficient (Wildman–Crippen LogP) is 6.89. The Balaban J connectivity index is 1.73. The average Bonchev–Trinajstić information content (AvgIpc) is 2.98. The second kappa shape index (κ2) is 14.6. The van der Waals surface area contributed by atoms with Crippen molar-refractivity contribution < 1.29 is 22.4 Å². The summed E-state index contributed by atoms with van der Waals surface area (Å²) in [6.45, 7) is 2.87. The molecule has 1 atom stereocenters.